The summed E-state index contributed by atoms with van der Waals surface area (Å²) in [5, 5.41) is 0. The highest BCUT2D eigenvalue weighted by Crippen LogP contribution is 2.12. The van der Waals surface area contributed by atoms with Crippen molar-refractivity contribution in [3.8, 4) is 0 Å². The number of aromatic nitrogens is 1. The summed E-state index contributed by atoms with van der Waals surface area (Å²) < 4.78 is 1.49. The molecule has 0 spiro atoms. The summed E-state index contributed by atoms with van der Waals surface area (Å²) in [6.07, 6.45) is 18.2. The van der Waals surface area contributed by atoms with Gasteiger partial charge in [-0.3, -0.25) is 9.99 Å². The Hall–Kier alpha value is -1.29. The average Bonchev–Trinajstić information content (AvgIpc) is 2.97. The van der Waals surface area contributed by atoms with Crippen molar-refractivity contribution >= 4 is 6.03 Å². The third kappa shape index (κ3) is 7.90. The lowest BCUT2D eigenvalue weighted by Crippen LogP contribution is -2.33. The van der Waals surface area contributed by atoms with Crippen molar-refractivity contribution in [3.05, 3.63) is 24.0 Å². The number of carbonyl (C=O) groups excluding carboxylic acids is 1. The van der Waals surface area contributed by atoms with Gasteiger partial charge >= 0.3 is 6.03 Å². The van der Waals surface area contributed by atoms with E-state index in [0.29, 0.717) is 0 Å². The third-order valence-corrected chi connectivity index (χ3v) is 3.93. The number of nitrogens with zero attached hydrogens (tertiary/aromatic N) is 1. The number of hydrogen-bond acceptors (Lipinski definition) is 2. The number of aryl methyl sites for hydroxylation is 1. The van der Waals surface area contributed by atoms with Gasteiger partial charge in [0.1, 0.15) is 0 Å². The molecule has 0 aliphatic rings. The second-order valence-corrected chi connectivity index (χ2v) is 5.81. The van der Waals surface area contributed by atoms with Crippen LogP contribution in [0.2, 0.25) is 0 Å². The van der Waals surface area contributed by atoms with Crippen LogP contribution in [-0.4, -0.2) is 10.6 Å². The van der Waals surface area contributed by atoms with Crippen molar-refractivity contribution in [2.75, 3.05) is 0 Å². The number of nitrogens with two attached hydrogens (primary N) is 1. The molecule has 1 aromatic rings. The smallest absolute Gasteiger partial charge is 0.275 e. The molecule has 4 nitrogen and oxygen atoms in total. The molecule has 120 valence electrons. The van der Waals surface area contributed by atoms with Crippen LogP contribution < -0.4 is 11.3 Å². The van der Waals surface area contributed by atoms with Crippen molar-refractivity contribution in [3.63, 3.8) is 0 Å². The first-order valence-corrected chi connectivity index (χ1v) is 8.45. The van der Waals surface area contributed by atoms with Gasteiger partial charge in [0.2, 0.25) is 0 Å². The highest BCUT2D eigenvalue weighted by atomic mass is 16.2. The first-order chi connectivity index (χ1) is 10.3. The van der Waals surface area contributed by atoms with E-state index in [0.717, 1.165) is 6.42 Å². The van der Waals surface area contributed by atoms with Crippen LogP contribution in [0.1, 0.15) is 76.7 Å². The van der Waals surface area contributed by atoms with Gasteiger partial charge in [0, 0.05) is 12.4 Å². The molecule has 0 aliphatic heterocycles. The number of hydrazine groups is 1. The Morgan fingerprint density at radius 2 is 1.62 bits per heavy atom. The zero-order chi connectivity index (χ0) is 15.3. The van der Waals surface area contributed by atoms with E-state index in [1.807, 2.05) is 12.3 Å². The minimum Gasteiger partial charge on any atom is -0.275 e. The van der Waals surface area contributed by atoms with Gasteiger partial charge in [0.05, 0.1) is 0 Å². The highest BCUT2D eigenvalue weighted by Gasteiger charge is 2.02. The van der Waals surface area contributed by atoms with E-state index < -0.39 is 0 Å². The molecule has 0 fully saturated rings. The SMILES string of the molecule is CCCCCCCCCCCCc1ccn(C(=O)NN)c1. The van der Waals surface area contributed by atoms with E-state index in [2.05, 4.69) is 12.3 Å². The Kier molecular flexibility index (Phi) is 9.62. The van der Waals surface area contributed by atoms with Crippen molar-refractivity contribution in [2.24, 2.45) is 5.84 Å². The second kappa shape index (κ2) is 11.4. The van der Waals surface area contributed by atoms with Gasteiger partial charge in [0.15, 0.2) is 0 Å². The predicted octanol–water partition coefficient (Wildman–Crippen LogP) is 4.38. The van der Waals surface area contributed by atoms with Crippen molar-refractivity contribution in [1.29, 1.82) is 0 Å². The fraction of sp³-hybridized carbons (Fsp3) is 0.706. The predicted molar refractivity (Wildman–Crippen MR) is 88.1 cm³/mol. The fourth-order valence-electron chi connectivity index (χ4n) is 2.61. The molecule has 1 aromatic heterocycles. The molecule has 1 heterocycles. The molecular formula is C17H31N3O. The van der Waals surface area contributed by atoms with Gasteiger partial charge in [-0.1, -0.05) is 64.7 Å². The number of hydrogen-bond donors (Lipinski definition) is 2. The van der Waals surface area contributed by atoms with Crippen LogP contribution in [-0.2, 0) is 6.42 Å². The van der Waals surface area contributed by atoms with E-state index in [4.69, 9.17) is 5.84 Å². The molecule has 0 aliphatic carbocycles. The minimum atomic E-state index is -0.288. The maximum Gasteiger partial charge on any atom is 0.339 e. The van der Waals surface area contributed by atoms with E-state index in [1.165, 1.54) is 74.3 Å². The first kappa shape index (κ1) is 17.8. The van der Waals surface area contributed by atoms with Crippen LogP contribution in [0.3, 0.4) is 0 Å². The Bertz CT molecular complexity index is 387. The summed E-state index contributed by atoms with van der Waals surface area (Å²) >= 11 is 0. The van der Waals surface area contributed by atoms with Gasteiger partial charge in [-0.2, -0.15) is 0 Å². The van der Waals surface area contributed by atoms with Crippen LogP contribution in [0.5, 0.6) is 0 Å². The normalized spacial score (nSPS) is 10.8. The average molecular weight is 293 g/mol. The highest BCUT2D eigenvalue weighted by molar-refractivity contribution is 5.76. The molecule has 0 unspecified atom stereocenters. The molecule has 0 atom stereocenters. The summed E-state index contributed by atoms with van der Waals surface area (Å²) in [6, 6.07) is 1.70. The summed E-state index contributed by atoms with van der Waals surface area (Å²) in [6.45, 7) is 2.26. The molecule has 0 radical (unpaired) electrons. The van der Waals surface area contributed by atoms with Crippen LogP contribution in [0.15, 0.2) is 18.5 Å². The van der Waals surface area contributed by atoms with Crippen molar-refractivity contribution in [1.82, 2.24) is 9.99 Å². The number of carbonyl (C=O) groups is 1. The number of rotatable bonds is 11. The number of nitrogens with one attached hydrogen (secondary N) is 1. The molecule has 4 heteroatoms. The molecule has 1 amide bonds. The number of amides is 1. The molecular weight excluding hydrogens is 262 g/mol. The quantitative estimate of drug-likeness (QED) is 0.275. The van der Waals surface area contributed by atoms with Crippen LogP contribution in [0.4, 0.5) is 4.79 Å². The topological polar surface area (TPSA) is 60.0 Å². The number of unbranched alkanes of at least 4 members (excludes halogenated alkanes) is 9. The minimum absolute atomic E-state index is 0.288. The molecule has 21 heavy (non-hydrogen) atoms. The Morgan fingerprint density at radius 3 is 2.19 bits per heavy atom. The maximum absolute atomic E-state index is 11.3. The molecule has 3 N–H and O–H groups in total. The Balaban J connectivity index is 1.97. The Morgan fingerprint density at radius 1 is 1.05 bits per heavy atom. The van der Waals surface area contributed by atoms with Gasteiger partial charge in [-0.25, -0.2) is 10.6 Å². The largest absolute Gasteiger partial charge is 0.339 e. The van der Waals surface area contributed by atoms with E-state index in [9.17, 15) is 4.79 Å². The molecule has 0 bridgehead atoms. The molecule has 0 saturated carbocycles. The zero-order valence-corrected chi connectivity index (χ0v) is 13.4. The van der Waals surface area contributed by atoms with Crippen molar-refractivity contribution < 1.29 is 4.79 Å². The maximum atomic E-state index is 11.3. The van der Waals surface area contributed by atoms with Crippen LogP contribution >= 0.6 is 0 Å². The van der Waals surface area contributed by atoms with Gasteiger partial charge < -0.3 is 0 Å². The van der Waals surface area contributed by atoms with Gasteiger partial charge in [0.25, 0.3) is 0 Å². The van der Waals surface area contributed by atoms with Gasteiger partial charge in [-0.05, 0) is 24.5 Å². The van der Waals surface area contributed by atoms with E-state index in [1.54, 1.807) is 6.20 Å². The fourth-order valence-corrected chi connectivity index (χ4v) is 2.61. The monoisotopic (exact) mass is 293 g/mol. The summed E-state index contributed by atoms with van der Waals surface area (Å²) in [4.78, 5) is 11.3. The standard InChI is InChI=1S/C17H31N3O/c1-2-3-4-5-6-7-8-9-10-11-12-16-13-14-20(15-16)17(21)19-18/h13-15H,2-12,18H2,1H3,(H,19,21). The summed E-state index contributed by atoms with van der Waals surface area (Å²) in [5.41, 5.74) is 3.33. The van der Waals surface area contributed by atoms with Crippen LogP contribution in [0.25, 0.3) is 0 Å². The second-order valence-electron chi connectivity index (χ2n) is 5.81. The van der Waals surface area contributed by atoms with E-state index in [-0.39, 0.29) is 6.03 Å². The summed E-state index contributed by atoms with van der Waals surface area (Å²) in [7, 11) is 0. The Labute approximate surface area is 129 Å². The first-order valence-electron chi connectivity index (χ1n) is 8.45. The molecule has 0 aromatic carbocycles. The zero-order valence-electron chi connectivity index (χ0n) is 13.4. The summed E-state index contributed by atoms with van der Waals surface area (Å²) in [5.74, 6) is 5.10. The van der Waals surface area contributed by atoms with Crippen molar-refractivity contribution in [2.45, 2.75) is 77.6 Å². The lowest BCUT2D eigenvalue weighted by Gasteiger charge is -2.02. The van der Waals surface area contributed by atoms with Gasteiger partial charge in [-0.15, -0.1) is 0 Å². The van der Waals surface area contributed by atoms with E-state index >= 15 is 0 Å². The lowest BCUT2D eigenvalue weighted by atomic mass is 10.0. The van der Waals surface area contributed by atoms with Crippen LogP contribution in [0, 0.1) is 0 Å². The number of nitrogen functional groups attached to an aromatic ring is 1. The third-order valence-electron chi connectivity index (χ3n) is 3.93. The lowest BCUT2D eigenvalue weighted by molar-refractivity contribution is 0.242. The molecule has 0 saturated heterocycles. The molecule has 1 rings (SSSR count).